The minimum Gasteiger partial charge on any atom is -0.0914 e. The molecule has 1 heteroatoms. The Labute approximate surface area is 189 Å². The first-order chi connectivity index (χ1) is 14.8. The van der Waals surface area contributed by atoms with Crippen molar-refractivity contribution in [1.82, 2.24) is 0 Å². The maximum atomic E-state index is 2.47. The van der Waals surface area contributed by atoms with Crippen LogP contribution in [0.2, 0.25) is 6.04 Å². The van der Waals surface area contributed by atoms with Gasteiger partial charge in [0.2, 0.25) is 0 Å². The Kier molecular flexibility index (Phi) is 8.33. The van der Waals surface area contributed by atoms with Crippen LogP contribution < -0.4 is 5.19 Å². The summed E-state index contributed by atoms with van der Waals surface area (Å²) in [5.41, 5.74) is 1.64. The van der Waals surface area contributed by atoms with E-state index in [-0.39, 0.29) is 9.52 Å². The quantitative estimate of drug-likeness (QED) is 0.331. The molecule has 0 nitrogen and oxygen atoms in total. The van der Waals surface area contributed by atoms with Crippen LogP contribution in [-0.4, -0.2) is 9.52 Å². The molecule has 0 N–H and O–H groups in total. The van der Waals surface area contributed by atoms with Crippen LogP contribution >= 0.6 is 0 Å². The van der Waals surface area contributed by atoms with Gasteiger partial charge in [-0.05, 0) is 125 Å². The first kappa shape index (κ1) is 22.4. The molecule has 30 heavy (non-hydrogen) atoms. The monoisotopic (exact) mass is 422 g/mol. The number of rotatable bonds is 6. The minimum atomic E-state index is 0.0122. The van der Waals surface area contributed by atoms with Crippen LogP contribution in [0.15, 0.2) is 36.4 Å². The molecule has 3 saturated carbocycles. The predicted molar refractivity (Wildman–Crippen MR) is 136 cm³/mol. The first-order valence-electron chi connectivity index (χ1n) is 13.5. The molecule has 166 valence electrons. The van der Waals surface area contributed by atoms with Crippen LogP contribution in [-0.2, 0) is 0 Å². The van der Waals surface area contributed by atoms with Crippen LogP contribution in [0.25, 0.3) is 0 Å². The Hall–Kier alpha value is -0.823. The summed E-state index contributed by atoms with van der Waals surface area (Å²) >= 11 is 0. The van der Waals surface area contributed by atoms with E-state index in [1.54, 1.807) is 36.4 Å². The lowest BCUT2D eigenvalue weighted by Gasteiger charge is -2.41. The summed E-state index contributed by atoms with van der Waals surface area (Å²) in [5, 5.41) is 1.65. The van der Waals surface area contributed by atoms with Crippen LogP contribution in [0.5, 0.6) is 0 Å². The maximum Gasteiger partial charge on any atom is 0.0544 e. The molecule has 0 spiro atoms. The largest absolute Gasteiger partial charge is 0.0914 e. The highest BCUT2D eigenvalue weighted by Crippen LogP contribution is 2.47. The van der Waals surface area contributed by atoms with Crippen LogP contribution in [0.3, 0.4) is 0 Å². The van der Waals surface area contributed by atoms with Crippen LogP contribution in [0.1, 0.15) is 102 Å². The lowest BCUT2D eigenvalue weighted by molar-refractivity contribution is 0.114. The molecule has 0 aromatic heterocycles. The Balaban J connectivity index is 1.19. The summed E-state index contributed by atoms with van der Waals surface area (Å²) < 4.78 is 0. The molecule has 0 heterocycles. The van der Waals surface area contributed by atoms with Crippen molar-refractivity contribution in [2.24, 2.45) is 29.6 Å². The van der Waals surface area contributed by atoms with Crippen molar-refractivity contribution in [1.29, 1.82) is 0 Å². The van der Waals surface area contributed by atoms with E-state index in [2.05, 4.69) is 50.3 Å². The van der Waals surface area contributed by atoms with E-state index in [0.29, 0.717) is 0 Å². The number of benzene rings is 1. The standard InChI is InChI=1S/C29H46Si/c1-3-5-22-6-8-23(9-7-22)24-10-12-25(13-11-24)26-14-16-27(17-15-26)28-18-20-29(21-19-28)30-4-2/h3,5,18-27H,4,6-17,30H2,1-2H3. The normalized spacial score (nSPS) is 35.9. The van der Waals surface area contributed by atoms with Gasteiger partial charge in [-0.3, -0.25) is 0 Å². The van der Waals surface area contributed by atoms with Gasteiger partial charge in [0.1, 0.15) is 0 Å². The van der Waals surface area contributed by atoms with Gasteiger partial charge in [0.15, 0.2) is 0 Å². The van der Waals surface area contributed by atoms with Crippen molar-refractivity contribution in [2.45, 2.75) is 103 Å². The second kappa shape index (κ2) is 11.2. The minimum absolute atomic E-state index is 0.0122. The maximum absolute atomic E-state index is 2.47. The van der Waals surface area contributed by atoms with Crippen molar-refractivity contribution in [3.05, 3.63) is 42.0 Å². The van der Waals surface area contributed by atoms with Gasteiger partial charge in [-0.1, -0.05) is 54.6 Å². The average Bonchev–Trinajstić information content (AvgIpc) is 2.81. The molecule has 0 aliphatic heterocycles. The molecule has 0 atom stereocenters. The lowest BCUT2D eigenvalue weighted by atomic mass is 9.64. The average molecular weight is 423 g/mol. The fraction of sp³-hybridized carbons (Fsp3) is 0.724. The molecule has 1 aromatic carbocycles. The van der Waals surface area contributed by atoms with Gasteiger partial charge < -0.3 is 0 Å². The third-order valence-electron chi connectivity index (χ3n) is 9.19. The summed E-state index contributed by atoms with van der Waals surface area (Å²) in [7, 11) is 0.0122. The summed E-state index contributed by atoms with van der Waals surface area (Å²) in [4.78, 5) is 0. The predicted octanol–water partition coefficient (Wildman–Crippen LogP) is 7.38. The highest BCUT2D eigenvalue weighted by molar-refractivity contribution is 6.53. The van der Waals surface area contributed by atoms with Gasteiger partial charge in [-0.15, -0.1) is 0 Å². The van der Waals surface area contributed by atoms with E-state index in [1.807, 2.05) is 0 Å². The van der Waals surface area contributed by atoms with E-state index in [9.17, 15) is 0 Å². The molecule has 3 aliphatic carbocycles. The zero-order valence-corrected chi connectivity index (χ0v) is 21.2. The van der Waals surface area contributed by atoms with E-state index in [4.69, 9.17) is 0 Å². The Bertz CT molecular complexity index is 635. The van der Waals surface area contributed by atoms with Crippen molar-refractivity contribution >= 4 is 14.7 Å². The van der Waals surface area contributed by atoms with E-state index < -0.39 is 0 Å². The molecule has 0 saturated heterocycles. The van der Waals surface area contributed by atoms with Crippen molar-refractivity contribution in [3.63, 3.8) is 0 Å². The molecule has 0 radical (unpaired) electrons. The smallest absolute Gasteiger partial charge is 0.0544 e. The van der Waals surface area contributed by atoms with Crippen LogP contribution in [0, 0.1) is 29.6 Å². The SMILES string of the molecule is CC=CC1CCC(C2CCC(C3CCC(c4ccc([SiH2]CC)cc4)CC3)CC2)CC1. The molecular weight excluding hydrogens is 376 g/mol. The second-order valence-corrected chi connectivity index (χ2v) is 13.3. The summed E-state index contributed by atoms with van der Waals surface area (Å²) in [6.07, 6.45) is 22.8. The highest BCUT2D eigenvalue weighted by Gasteiger charge is 2.34. The first-order valence-corrected chi connectivity index (χ1v) is 15.2. The topological polar surface area (TPSA) is 0 Å². The molecule has 4 rings (SSSR count). The Morgan fingerprint density at radius 2 is 1.17 bits per heavy atom. The second-order valence-electron chi connectivity index (χ2n) is 11.0. The van der Waals surface area contributed by atoms with E-state index >= 15 is 0 Å². The third-order valence-corrected chi connectivity index (χ3v) is 10.7. The molecule has 1 aromatic rings. The zero-order chi connectivity index (χ0) is 20.8. The zero-order valence-electron chi connectivity index (χ0n) is 19.8. The van der Waals surface area contributed by atoms with Gasteiger partial charge >= 0.3 is 0 Å². The van der Waals surface area contributed by atoms with E-state index in [1.165, 1.54) is 57.4 Å². The fourth-order valence-electron chi connectivity index (χ4n) is 7.34. The molecule has 3 aliphatic rings. The molecule has 0 amide bonds. The van der Waals surface area contributed by atoms with Crippen LogP contribution in [0.4, 0.5) is 0 Å². The number of allylic oxidation sites excluding steroid dienone is 2. The summed E-state index contributed by atoms with van der Waals surface area (Å²) in [6, 6.07) is 11.2. The Morgan fingerprint density at radius 1 is 0.700 bits per heavy atom. The molecule has 0 unspecified atom stereocenters. The van der Waals surface area contributed by atoms with Crippen molar-refractivity contribution in [2.75, 3.05) is 0 Å². The molecule has 3 fully saturated rings. The van der Waals surface area contributed by atoms with Gasteiger partial charge in [-0.2, -0.15) is 0 Å². The Morgan fingerprint density at radius 3 is 1.63 bits per heavy atom. The van der Waals surface area contributed by atoms with E-state index in [0.717, 1.165) is 35.5 Å². The summed E-state index contributed by atoms with van der Waals surface area (Å²) in [6.45, 7) is 4.52. The van der Waals surface area contributed by atoms with Gasteiger partial charge in [-0.25, -0.2) is 0 Å². The fourth-order valence-corrected chi connectivity index (χ4v) is 8.48. The molecular formula is C29H46Si. The molecule has 0 bridgehead atoms. The van der Waals surface area contributed by atoms with Gasteiger partial charge in [0.25, 0.3) is 0 Å². The lowest BCUT2D eigenvalue weighted by Crippen LogP contribution is -2.29. The van der Waals surface area contributed by atoms with Crippen molar-refractivity contribution < 1.29 is 0 Å². The number of hydrogen-bond acceptors (Lipinski definition) is 0. The van der Waals surface area contributed by atoms with Gasteiger partial charge in [0, 0.05) is 0 Å². The highest BCUT2D eigenvalue weighted by atomic mass is 28.2. The number of hydrogen-bond donors (Lipinski definition) is 0. The summed E-state index contributed by atoms with van der Waals surface area (Å²) in [5.74, 6) is 5.96. The van der Waals surface area contributed by atoms with Crippen molar-refractivity contribution in [3.8, 4) is 0 Å². The third kappa shape index (κ3) is 5.70. The van der Waals surface area contributed by atoms with Gasteiger partial charge in [0.05, 0.1) is 9.52 Å².